The molecule has 0 radical (unpaired) electrons. The summed E-state index contributed by atoms with van der Waals surface area (Å²) in [7, 11) is -3.50. The normalized spacial score (nSPS) is 23.8. The average molecular weight is 266 g/mol. The molecule has 94 valence electrons. The van der Waals surface area contributed by atoms with Crippen molar-refractivity contribution in [2.75, 3.05) is 6.54 Å². The van der Waals surface area contributed by atoms with Crippen LogP contribution in [-0.4, -0.2) is 15.0 Å². The Labute approximate surface area is 96.0 Å². The molecule has 0 spiro atoms. The lowest BCUT2D eigenvalue weighted by Crippen LogP contribution is -2.23. The first kappa shape index (κ1) is 12.3. The fraction of sp³-hybridized carbons (Fsp3) is 0.333. The van der Waals surface area contributed by atoms with Gasteiger partial charge in [0.2, 0.25) is 0 Å². The van der Waals surface area contributed by atoms with Crippen LogP contribution in [0.25, 0.3) is 0 Å². The summed E-state index contributed by atoms with van der Waals surface area (Å²) < 4.78 is 63.5. The van der Waals surface area contributed by atoms with Crippen LogP contribution in [0.4, 0.5) is 13.2 Å². The summed E-state index contributed by atoms with van der Waals surface area (Å²) in [6.45, 7) is 0.133. The predicted octanol–water partition coefficient (Wildman–Crippen LogP) is 1.18. The molecule has 1 saturated heterocycles. The van der Waals surface area contributed by atoms with Crippen LogP contribution in [0.2, 0.25) is 0 Å². The second-order valence-electron chi connectivity index (χ2n) is 3.64. The highest BCUT2D eigenvalue weighted by atomic mass is 32.2. The van der Waals surface area contributed by atoms with Crippen LogP contribution >= 0.6 is 0 Å². The van der Waals surface area contributed by atoms with Gasteiger partial charge in [-0.1, -0.05) is 12.1 Å². The first-order valence-corrected chi connectivity index (χ1v) is 6.20. The summed E-state index contributed by atoms with van der Waals surface area (Å²) in [6, 6.07) is 3.87. The van der Waals surface area contributed by atoms with Crippen molar-refractivity contribution in [3.05, 3.63) is 35.4 Å². The van der Waals surface area contributed by atoms with Crippen LogP contribution in [0.1, 0.15) is 17.2 Å². The van der Waals surface area contributed by atoms with Crippen LogP contribution in [0, 0.1) is 0 Å². The number of hydrogen-bond donors (Lipinski definition) is 2. The minimum absolute atomic E-state index is 0.133. The number of rotatable bonds is 1. The molecule has 1 aromatic carbocycles. The van der Waals surface area contributed by atoms with Crippen LogP contribution in [0.3, 0.4) is 0 Å². The molecule has 1 aromatic rings. The van der Waals surface area contributed by atoms with Gasteiger partial charge in [-0.3, -0.25) is 0 Å². The van der Waals surface area contributed by atoms with Crippen molar-refractivity contribution in [3.63, 3.8) is 0 Å². The van der Waals surface area contributed by atoms with Crippen molar-refractivity contribution >= 4 is 10.2 Å². The van der Waals surface area contributed by atoms with Crippen LogP contribution in [0.15, 0.2) is 24.3 Å². The van der Waals surface area contributed by atoms with E-state index in [0.717, 1.165) is 12.1 Å². The second kappa shape index (κ2) is 3.97. The molecule has 1 aliphatic rings. The lowest BCUT2D eigenvalue weighted by Gasteiger charge is -2.10. The van der Waals surface area contributed by atoms with Crippen molar-refractivity contribution in [1.82, 2.24) is 9.44 Å². The van der Waals surface area contributed by atoms with E-state index in [1.165, 1.54) is 12.1 Å². The van der Waals surface area contributed by atoms with Gasteiger partial charge in [0.1, 0.15) is 0 Å². The Hall–Kier alpha value is -1.12. The minimum Gasteiger partial charge on any atom is -0.200 e. The number of alkyl halides is 3. The zero-order chi connectivity index (χ0) is 12.7. The molecule has 2 N–H and O–H groups in total. The molecule has 17 heavy (non-hydrogen) atoms. The van der Waals surface area contributed by atoms with Gasteiger partial charge in [-0.15, -0.1) is 0 Å². The molecule has 4 nitrogen and oxygen atoms in total. The maximum atomic E-state index is 12.3. The fourth-order valence-electron chi connectivity index (χ4n) is 1.55. The number of hydrogen-bond acceptors (Lipinski definition) is 2. The molecule has 8 heteroatoms. The third-order valence-corrected chi connectivity index (χ3v) is 3.56. The molecule has 0 saturated carbocycles. The van der Waals surface area contributed by atoms with Crippen molar-refractivity contribution in [2.24, 2.45) is 0 Å². The van der Waals surface area contributed by atoms with Crippen molar-refractivity contribution < 1.29 is 21.6 Å². The van der Waals surface area contributed by atoms with E-state index < -0.39 is 28.0 Å². The van der Waals surface area contributed by atoms with E-state index >= 15 is 0 Å². The van der Waals surface area contributed by atoms with Gasteiger partial charge in [0.05, 0.1) is 11.6 Å². The molecule has 1 fully saturated rings. The molecule has 0 bridgehead atoms. The molecular weight excluding hydrogens is 257 g/mol. The Morgan fingerprint density at radius 2 is 1.76 bits per heavy atom. The van der Waals surface area contributed by atoms with E-state index in [-0.39, 0.29) is 6.54 Å². The average Bonchev–Trinajstić information content (AvgIpc) is 2.58. The third kappa shape index (κ3) is 2.76. The van der Waals surface area contributed by atoms with Gasteiger partial charge in [-0.05, 0) is 17.7 Å². The lowest BCUT2D eigenvalue weighted by atomic mass is 10.1. The zero-order valence-electron chi connectivity index (χ0n) is 8.45. The van der Waals surface area contributed by atoms with Gasteiger partial charge in [0.25, 0.3) is 10.2 Å². The maximum absolute atomic E-state index is 12.3. The van der Waals surface area contributed by atoms with Gasteiger partial charge < -0.3 is 0 Å². The Kier molecular flexibility index (Phi) is 2.88. The highest BCUT2D eigenvalue weighted by Crippen LogP contribution is 2.30. The van der Waals surface area contributed by atoms with Gasteiger partial charge in [-0.2, -0.15) is 26.3 Å². The number of benzene rings is 1. The summed E-state index contributed by atoms with van der Waals surface area (Å²) in [4.78, 5) is 0. The predicted molar refractivity (Wildman–Crippen MR) is 54.2 cm³/mol. The Bertz CT molecular complexity index is 510. The Morgan fingerprint density at radius 3 is 2.18 bits per heavy atom. The number of halogens is 3. The molecule has 0 aliphatic carbocycles. The second-order valence-corrected chi connectivity index (χ2v) is 5.17. The van der Waals surface area contributed by atoms with E-state index in [9.17, 15) is 21.6 Å². The quantitative estimate of drug-likeness (QED) is 0.802. The Balaban J connectivity index is 2.20. The van der Waals surface area contributed by atoms with E-state index in [1.54, 1.807) is 0 Å². The highest BCUT2D eigenvalue weighted by Gasteiger charge is 2.31. The molecule has 1 atom stereocenters. The first-order valence-electron chi connectivity index (χ1n) is 4.72. The topological polar surface area (TPSA) is 58.2 Å². The van der Waals surface area contributed by atoms with Crippen molar-refractivity contribution in [1.29, 1.82) is 0 Å². The summed E-state index contributed by atoms with van der Waals surface area (Å²) in [5, 5.41) is 0. The van der Waals surface area contributed by atoms with Gasteiger partial charge in [-0.25, -0.2) is 4.72 Å². The maximum Gasteiger partial charge on any atom is 0.416 e. The largest absolute Gasteiger partial charge is 0.416 e. The molecule has 0 aromatic heterocycles. The summed E-state index contributed by atoms with van der Waals surface area (Å²) >= 11 is 0. The van der Waals surface area contributed by atoms with Gasteiger partial charge in [0.15, 0.2) is 0 Å². The van der Waals surface area contributed by atoms with E-state index in [2.05, 4.69) is 9.44 Å². The van der Waals surface area contributed by atoms with Gasteiger partial charge >= 0.3 is 6.18 Å². The molecule has 2 rings (SSSR count). The van der Waals surface area contributed by atoms with E-state index in [0.29, 0.717) is 5.56 Å². The SMILES string of the molecule is O=S1(=O)NC[C@@H](c2ccc(C(F)(F)F)cc2)N1. The van der Waals surface area contributed by atoms with Gasteiger partial charge in [0, 0.05) is 6.54 Å². The first-order chi connectivity index (χ1) is 7.78. The molecule has 0 unspecified atom stereocenters. The minimum atomic E-state index is -4.38. The smallest absolute Gasteiger partial charge is 0.200 e. The molecule has 1 heterocycles. The van der Waals surface area contributed by atoms with Crippen LogP contribution < -0.4 is 9.44 Å². The summed E-state index contributed by atoms with van der Waals surface area (Å²) in [5.74, 6) is 0. The summed E-state index contributed by atoms with van der Waals surface area (Å²) in [6.07, 6.45) is -4.38. The molecule has 1 aliphatic heterocycles. The lowest BCUT2D eigenvalue weighted by molar-refractivity contribution is -0.137. The van der Waals surface area contributed by atoms with E-state index in [4.69, 9.17) is 0 Å². The Morgan fingerprint density at radius 1 is 1.18 bits per heavy atom. The molecular formula is C9H9F3N2O2S. The van der Waals surface area contributed by atoms with Crippen LogP contribution in [0.5, 0.6) is 0 Å². The monoisotopic (exact) mass is 266 g/mol. The van der Waals surface area contributed by atoms with E-state index in [1.807, 2.05) is 0 Å². The van der Waals surface area contributed by atoms with Crippen LogP contribution in [-0.2, 0) is 16.4 Å². The van der Waals surface area contributed by atoms with Crippen molar-refractivity contribution in [2.45, 2.75) is 12.2 Å². The number of nitrogens with one attached hydrogen (secondary N) is 2. The fourth-order valence-corrected chi connectivity index (χ4v) is 2.62. The highest BCUT2D eigenvalue weighted by molar-refractivity contribution is 7.87. The van der Waals surface area contributed by atoms with Crippen molar-refractivity contribution in [3.8, 4) is 0 Å². The molecule has 0 amide bonds. The zero-order valence-corrected chi connectivity index (χ0v) is 9.27. The third-order valence-electron chi connectivity index (χ3n) is 2.42. The summed E-state index contributed by atoms with van der Waals surface area (Å²) in [5.41, 5.74) is -0.262. The standard InChI is InChI=1S/C9H9F3N2O2S/c10-9(11,12)7-3-1-6(2-4-7)8-5-13-17(15,16)14-8/h1-4,8,13-14H,5H2/t8-/m0/s1.